The molecular weight excluding hydrogens is 450 g/mol. The molecular formula is C25H31N5O3S. The van der Waals surface area contributed by atoms with Crippen molar-refractivity contribution in [2.24, 2.45) is 0 Å². The Morgan fingerprint density at radius 3 is 2.21 bits per heavy atom. The number of benzene rings is 2. The van der Waals surface area contributed by atoms with Crippen LogP contribution in [0.3, 0.4) is 0 Å². The summed E-state index contributed by atoms with van der Waals surface area (Å²) < 4.78 is 33.7. The second kappa shape index (κ2) is 9.60. The van der Waals surface area contributed by atoms with E-state index in [0.29, 0.717) is 42.8 Å². The molecule has 2 aromatic carbocycles. The molecule has 0 amide bonds. The number of ether oxygens (including phenoxy) is 1. The van der Waals surface area contributed by atoms with Gasteiger partial charge in [0.2, 0.25) is 16.0 Å². The van der Waals surface area contributed by atoms with E-state index in [0.717, 1.165) is 28.3 Å². The first kappa shape index (κ1) is 24.0. The topological polar surface area (TPSA) is 87.7 Å². The predicted molar refractivity (Wildman–Crippen MR) is 135 cm³/mol. The molecule has 0 bridgehead atoms. The number of methoxy groups -OCH3 is 1. The molecule has 0 radical (unpaired) electrons. The van der Waals surface area contributed by atoms with Crippen molar-refractivity contribution in [3.8, 4) is 5.75 Å². The number of aromatic nitrogens is 2. The lowest BCUT2D eigenvalue weighted by Gasteiger charge is -2.35. The molecule has 180 valence electrons. The molecule has 8 nitrogen and oxygen atoms in total. The molecule has 1 aliphatic heterocycles. The van der Waals surface area contributed by atoms with E-state index in [-0.39, 0.29) is 0 Å². The van der Waals surface area contributed by atoms with Crippen LogP contribution in [0.2, 0.25) is 0 Å². The van der Waals surface area contributed by atoms with E-state index in [4.69, 9.17) is 4.74 Å². The van der Waals surface area contributed by atoms with E-state index >= 15 is 0 Å². The third-order valence-corrected chi connectivity index (χ3v) is 8.06. The standard InChI is InChI=1S/C25H31N5O3S/c1-17-6-8-21(9-7-17)27-25-26-20(4)15-24(28-25)29-10-12-30(13-11-29)34(31,32)23-16-22(33-5)18(2)14-19(23)3/h6-9,14-16H,10-13H2,1-5H3,(H,26,27,28). The summed E-state index contributed by atoms with van der Waals surface area (Å²) in [6, 6.07) is 13.5. The van der Waals surface area contributed by atoms with Crippen LogP contribution in [0.25, 0.3) is 0 Å². The van der Waals surface area contributed by atoms with Crippen molar-refractivity contribution >= 4 is 27.5 Å². The van der Waals surface area contributed by atoms with Crippen LogP contribution in [0.15, 0.2) is 47.4 Å². The molecule has 0 spiro atoms. The second-order valence-electron chi connectivity index (χ2n) is 8.66. The van der Waals surface area contributed by atoms with Crippen molar-refractivity contribution in [3.05, 3.63) is 64.8 Å². The monoisotopic (exact) mass is 481 g/mol. The van der Waals surface area contributed by atoms with Crippen molar-refractivity contribution in [1.29, 1.82) is 0 Å². The average molecular weight is 482 g/mol. The molecule has 9 heteroatoms. The summed E-state index contributed by atoms with van der Waals surface area (Å²) in [5.41, 5.74) is 4.58. The normalized spacial score (nSPS) is 14.8. The van der Waals surface area contributed by atoms with Gasteiger partial charge in [-0.2, -0.15) is 9.29 Å². The fourth-order valence-corrected chi connectivity index (χ4v) is 5.79. The van der Waals surface area contributed by atoms with Crippen LogP contribution in [-0.2, 0) is 10.0 Å². The zero-order chi connectivity index (χ0) is 24.5. The minimum Gasteiger partial charge on any atom is -0.496 e. The van der Waals surface area contributed by atoms with Gasteiger partial charge in [-0.05, 0) is 51.0 Å². The lowest BCUT2D eigenvalue weighted by atomic mass is 10.1. The summed E-state index contributed by atoms with van der Waals surface area (Å²) in [5.74, 6) is 1.89. The first-order valence-electron chi connectivity index (χ1n) is 11.3. The number of hydrogen-bond acceptors (Lipinski definition) is 7. The lowest BCUT2D eigenvalue weighted by molar-refractivity contribution is 0.382. The number of nitrogens with zero attached hydrogens (tertiary/aromatic N) is 4. The van der Waals surface area contributed by atoms with Gasteiger partial charge < -0.3 is 15.0 Å². The van der Waals surface area contributed by atoms with Crippen LogP contribution in [0.4, 0.5) is 17.5 Å². The smallest absolute Gasteiger partial charge is 0.243 e. The van der Waals surface area contributed by atoms with Crippen molar-refractivity contribution in [3.63, 3.8) is 0 Å². The Balaban J connectivity index is 1.49. The minimum absolute atomic E-state index is 0.297. The summed E-state index contributed by atoms with van der Waals surface area (Å²) in [5, 5.41) is 3.26. The van der Waals surface area contributed by atoms with Gasteiger partial charge in [-0.25, -0.2) is 13.4 Å². The SMILES string of the molecule is COc1cc(S(=O)(=O)N2CCN(c3cc(C)nc(Nc4ccc(C)cc4)n3)CC2)c(C)cc1C. The highest BCUT2D eigenvalue weighted by Crippen LogP contribution is 2.29. The molecule has 1 N–H and O–H groups in total. The number of aryl methyl sites for hydroxylation is 4. The maximum Gasteiger partial charge on any atom is 0.243 e. The molecule has 1 aliphatic rings. The van der Waals surface area contributed by atoms with Crippen LogP contribution in [0.5, 0.6) is 5.75 Å². The number of nitrogens with one attached hydrogen (secondary N) is 1. The van der Waals surface area contributed by atoms with Crippen molar-refractivity contribution in [2.75, 3.05) is 43.5 Å². The average Bonchev–Trinajstić information content (AvgIpc) is 2.80. The molecule has 2 heterocycles. The maximum atomic E-state index is 13.4. The van der Waals surface area contributed by atoms with Gasteiger partial charge in [0.25, 0.3) is 0 Å². The number of rotatable bonds is 6. The Kier molecular flexibility index (Phi) is 6.77. The number of anilines is 3. The van der Waals surface area contributed by atoms with Gasteiger partial charge in [0, 0.05) is 49.7 Å². The highest BCUT2D eigenvalue weighted by molar-refractivity contribution is 7.89. The van der Waals surface area contributed by atoms with E-state index in [9.17, 15) is 8.42 Å². The van der Waals surface area contributed by atoms with Crippen molar-refractivity contribution < 1.29 is 13.2 Å². The van der Waals surface area contributed by atoms with E-state index in [2.05, 4.69) is 20.2 Å². The molecule has 0 atom stereocenters. The third kappa shape index (κ3) is 5.00. The van der Waals surface area contributed by atoms with Crippen LogP contribution in [0.1, 0.15) is 22.4 Å². The summed E-state index contributed by atoms with van der Waals surface area (Å²) in [6.07, 6.45) is 0. The highest BCUT2D eigenvalue weighted by atomic mass is 32.2. The molecule has 1 saturated heterocycles. The van der Waals surface area contributed by atoms with Crippen LogP contribution in [-0.4, -0.2) is 56.0 Å². The molecule has 3 aromatic rings. The molecule has 1 fully saturated rings. The lowest BCUT2D eigenvalue weighted by Crippen LogP contribution is -2.49. The fraction of sp³-hybridized carbons (Fsp3) is 0.360. The molecule has 34 heavy (non-hydrogen) atoms. The van der Waals surface area contributed by atoms with Gasteiger partial charge in [-0.3, -0.25) is 0 Å². The predicted octanol–water partition coefficient (Wildman–Crippen LogP) is 3.97. The zero-order valence-corrected chi connectivity index (χ0v) is 21.1. The molecule has 0 aliphatic carbocycles. The summed E-state index contributed by atoms with van der Waals surface area (Å²) in [7, 11) is -2.07. The highest BCUT2D eigenvalue weighted by Gasteiger charge is 2.31. The quantitative estimate of drug-likeness (QED) is 0.570. The molecule has 0 saturated carbocycles. The summed E-state index contributed by atoms with van der Waals surface area (Å²) in [4.78, 5) is 11.6. The van der Waals surface area contributed by atoms with E-state index in [1.165, 1.54) is 5.56 Å². The van der Waals surface area contributed by atoms with Gasteiger partial charge >= 0.3 is 0 Å². The summed E-state index contributed by atoms with van der Waals surface area (Å²) >= 11 is 0. The second-order valence-corrected chi connectivity index (χ2v) is 10.6. The molecule has 1 aromatic heterocycles. The van der Waals surface area contributed by atoms with Gasteiger partial charge in [0.15, 0.2) is 0 Å². The van der Waals surface area contributed by atoms with Crippen molar-refractivity contribution in [1.82, 2.24) is 14.3 Å². The van der Waals surface area contributed by atoms with Gasteiger partial charge in [0.05, 0.1) is 12.0 Å². The fourth-order valence-electron chi connectivity index (χ4n) is 4.14. The maximum absolute atomic E-state index is 13.4. The van der Waals surface area contributed by atoms with Crippen molar-refractivity contribution in [2.45, 2.75) is 32.6 Å². The summed E-state index contributed by atoms with van der Waals surface area (Å²) in [6.45, 7) is 9.54. The third-order valence-electron chi connectivity index (χ3n) is 6.02. The minimum atomic E-state index is -3.63. The van der Waals surface area contributed by atoms with Gasteiger partial charge in [-0.15, -0.1) is 0 Å². The first-order valence-corrected chi connectivity index (χ1v) is 12.7. The van der Waals surface area contributed by atoms with Gasteiger partial charge in [-0.1, -0.05) is 23.8 Å². The van der Waals surface area contributed by atoms with Crippen LogP contribution < -0.4 is 15.0 Å². The number of piperazine rings is 1. The largest absolute Gasteiger partial charge is 0.496 e. The zero-order valence-electron chi connectivity index (χ0n) is 20.3. The van der Waals surface area contributed by atoms with E-state index in [1.807, 2.05) is 64.1 Å². The van der Waals surface area contributed by atoms with Gasteiger partial charge in [0.1, 0.15) is 11.6 Å². The Morgan fingerprint density at radius 2 is 1.56 bits per heavy atom. The molecule has 0 unspecified atom stereocenters. The van der Waals surface area contributed by atoms with Crippen LogP contribution >= 0.6 is 0 Å². The number of sulfonamides is 1. The Hall–Kier alpha value is -3.17. The first-order chi connectivity index (χ1) is 16.2. The van der Waals surface area contributed by atoms with E-state index < -0.39 is 10.0 Å². The molecule has 4 rings (SSSR count). The Morgan fingerprint density at radius 1 is 0.882 bits per heavy atom. The van der Waals surface area contributed by atoms with E-state index in [1.54, 1.807) is 17.5 Å². The van der Waals surface area contributed by atoms with Crippen LogP contribution in [0, 0.1) is 27.7 Å². The Labute approximate surface area is 201 Å². The number of hydrogen-bond donors (Lipinski definition) is 1. The Bertz CT molecular complexity index is 1280.